The molecule has 0 saturated carbocycles. The number of nitrogens with one attached hydrogen (secondary N) is 3. The fourth-order valence-corrected chi connectivity index (χ4v) is 4.45. The number of carbonyl (C=O) groups is 1. The van der Waals surface area contributed by atoms with Crippen molar-refractivity contribution in [3.8, 4) is 11.5 Å². The lowest BCUT2D eigenvalue weighted by molar-refractivity contribution is -0.119. The molecule has 178 valence electrons. The number of aryl methyl sites for hydroxylation is 1. The van der Waals surface area contributed by atoms with Crippen molar-refractivity contribution < 1.29 is 14.3 Å². The Kier molecular flexibility index (Phi) is 5.87. The zero-order chi connectivity index (χ0) is 23.7. The molecule has 0 spiro atoms. The molecule has 2 aromatic rings. The smallest absolute Gasteiger partial charge is 0.220 e. The van der Waals surface area contributed by atoms with Crippen molar-refractivity contribution in [3.63, 3.8) is 0 Å². The van der Waals surface area contributed by atoms with Crippen molar-refractivity contribution >= 4 is 23.1 Å². The van der Waals surface area contributed by atoms with Crippen LogP contribution in [0.25, 0.3) is 5.70 Å². The highest BCUT2D eigenvalue weighted by atomic mass is 16.5. The van der Waals surface area contributed by atoms with Gasteiger partial charge < -0.3 is 30.3 Å². The van der Waals surface area contributed by atoms with Crippen molar-refractivity contribution in [2.45, 2.75) is 31.5 Å². The third kappa shape index (κ3) is 4.43. The maximum atomic E-state index is 11.9. The Hall–Kier alpha value is -3.95. The van der Waals surface area contributed by atoms with Crippen LogP contribution in [0.3, 0.4) is 0 Å². The lowest BCUT2D eigenvalue weighted by Gasteiger charge is -2.36. The molecule has 0 aliphatic carbocycles. The molecule has 0 radical (unpaired) electrons. The van der Waals surface area contributed by atoms with Crippen molar-refractivity contribution in [3.05, 3.63) is 54.1 Å². The van der Waals surface area contributed by atoms with Crippen LogP contribution in [0.5, 0.6) is 11.5 Å². The number of hydrogen-bond acceptors (Lipinski definition) is 8. The molecule has 1 saturated heterocycles. The molecule has 10 heteroatoms. The summed E-state index contributed by atoms with van der Waals surface area (Å²) in [5.41, 5.74) is 3.75. The summed E-state index contributed by atoms with van der Waals surface area (Å²) in [5.74, 6) is 2.27. The Labute approximate surface area is 198 Å². The summed E-state index contributed by atoms with van der Waals surface area (Å²) in [5, 5.41) is 14.1. The van der Waals surface area contributed by atoms with Gasteiger partial charge in [0.05, 0.1) is 31.8 Å². The van der Waals surface area contributed by atoms with Gasteiger partial charge in [0.2, 0.25) is 5.91 Å². The van der Waals surface area contributed by atoms with E-state index in [2.05, 4.69) is 32.0 Å². The van der Waals surface area contributed by atoms with Crippen LogP contribution in [0.15, 0.2) is 53.6 Å². The first-order chi connectivity index (χ1) is 16.5. The normalized spacial score (nSPS) is 21.3. The van der Waals surface area contributed by atoms with Gasteiger partial charge in [-0.05, 0) is 6.42 Å². The molecule has 1 amide bonds. The van der Waals surface area contributed by atoms with Crippen molar-refractivity contribution in [1.29, 1.82) is 0 Å². The van der Waals surface area contributed by atoms with Gasteiger partial charge in [0, 0.05) is 74.3 Å². The summed E-state index contributed by atoms with van der Waals surface area (Å²) in [7, 11) is 5.17. The Morgan fingerprint density at radius 2 is 1.97 bits per heavy atom. The average Bonchev–Trinajstić information content (AvgIpc) is 3.49. The van der Waals surface area contributed by atoms with E-state index in [-0.39, 0.29) is 18.1 Å². The summed E-state index contributed by atoms with van der Waals surface area (Å²) >= 11 is 0. The second kappa shape index (κ2) is 9.12. The van der Waals surface area contributed by atoms with Gasteiger partial charge in [-0.1, -0.05) is 6.08 Å². The minimum Gasteiger partial charge on any atom is -0.497 e. The van der Waals surface area contributed by atoms with Gasteiger partial charge in [-0.25, -0.2) is 4.99 Å². The van der Waals surface area contributed by atoms with Crippen molar-refractivity contribution in [1.82, 2.24) is 25.7 Å². The number of dihydropyridines is 1. The molecule has 4 heterocycles. The number of fused-ring (bicyclic) bond motifs is 1. The fourth-order valence-electron chi connectivity index (χ4n) is 4.45. The van der Waals surface area contributed by atoms with Crippen LogP contribution < -0.4 is 30.3 Å². The van der Waals surface area contributed by atoms with Crippen LogP contribution in [0.4, 0.5) is 5.69 Å². The standard InChI is InChI=1S/C24H29N7O3/c1-30-13-15(11-26-30)21-12-25-20-5-6-22(29-24(20)28-21)31(14-16-4-7-23(32)27-16)17-8-18(33-2)10-19(9-17)34-3/h5,8-13,16,22,25H,4,6-7,14H2,1-3H3,(H,27,32)(H,28,29). The molecule has 1 aromatic carbocycles. The number of aliphatic imine (C=N–C) groups is 1. The van der Waals surface area contributed by atoms with E-state index in [9.17, 15) is 4.79 Å². The van der Waals surface area contributed by atoms with Crippen LogP contribution in [0.2, 0.25) is 0 Å². The SMILES string of the molecule is COc1cc(OC)cc(N(CC2CCC(=O)N2)C2CC=C3NC=C(c4cnn(C)c4)NC3=N2)c1. The highest BCUT2D eigenvalue weighted by Crippen LogP contribution is 2.32. The van der Waals surface area contributed by atoms with E-state index in [1.807, 2.05) is 43.8 Å². The number of carbonyl (C=O) groups excluding carboxylic acids is 1. The van der Waals surface area contributed by atoms with E-state index in [4.69, 9.17) is 14.5 Å². The number of amidine groups is 1. The largest absolute Gasteiger partial charge is 0.497 e. The number of aromatic nitrogens is 2. The average molecular weight is 464 g/mol. The second-order valence-corrected chi connectivity index (χ2v) is 8.57. The van der Waals surface area contributed by atoms with E-state index in [0.29, 0.717) is 30.9 Å². The lowest BCUT2D eigenvalue weighted by Crippen LogP contribution is -2.47. The molecule has 10 nitrogen and oxygen atoms in total. The molecular weight excluding hydrogens is 434 g/mol. The fraction of sp³-hybridized carbons (Fsp3) is 0.375. The van der Waals surface area contributed by atoms with Gasteiger partial charge in [0.15, 0.2) is 5.84 Å². The first kappa shape index (κ1) is 21.9. The van der Waals surface area contributed by atoms with Crippen LogP contribution in [-0.2, 0) is 11.8 Å². The molecule has 3 aliphatic heterocycles. The number of methoxy groups -OCH3 is 2. The Balaban J connectivity index is 1.46. The first-order valence-electron chi connectivity index (χ1n) is 11.3. The minimum absolute atomic E-state index is 0.0542. The second-order valence-electron chi connectivity index (χ2n) is 8.57. The molecule has 2 unspecified atom stereocenters. The molecule has 3 aliphatic rings. The summed E-state index contributed by atoms with van der Waals surface area (Å²) in [6, 6.07) is 5.86. The van der Waals surface area contributed by atoms with Crippen LogP contribution in [-0.4, -0.2) is 54.5 Å². The number of benzene rings is 1. The van der Waals surface area contributed by atoms with Gasteiger partial charge in [-0.2, -0.15) is 5.10 Å². The van der Waals surface area contributed by atoms with Crippen LogP contribution in [0.1, 0.15) is 24.8 Å². The number of rotatable bonds is 7. The number of ether oxygens (including phenoxy) is 2. The quantitative estimate of drug-likeness (QED) is 0.574. The van der Waals surface area contributed by atoms with E-state index in [0.717, 1.165) is 34.9 Å². The zero-order valence-electron chi connectivity index (χ0n) is 19.5. The van der Waals surface area contributed by atoms with Gasteiger partial charge in [0.1, 0.15) is 17.7 Å². The monoisotopic (exact) mass is 463 g/mol. The van der Waals surface area contributed by atoms with E-state index in [1.54, 1.807) is 18.9 Å². The van der Waals surface area contributed by atoms with E-state index in [1.165, 1.54) is 0 Å². The van der Waals surface area contributed by atoms with Crippen molar-refractivity contribution in [2.24, 2.45) is 12.0 Å². The number of anilines is 1. The topological polar surface area (TPSA) is 105 Å². The molecule has 34 heavy (non-hydrogen) atoms. The van der Waals surface area contributed by atoms with Crippen LogP contribution in [0, 0.1) is 0 Å². The van der Waals surface area contributed by atoms with Crippen molar-refractivity contribution in [2.75, 3.05) is 25.7 Å². The van der Waals surface area contributed by atoms with E-state index >= 15 is 0 Å². The third-order valence-corrected chi connectivity index (χ3v) is 6.24. The predicted molar refractivity (Wildman–Crippen MR) is 129 cm³/mol. The maximum Gasteiger partial charge on any atom is 0.220 e. The Morgan fingerprint density at radius 1 is 1.18 bits per heavy atom. The predicted octanol–water partition coefficient (Wildman–Crippen LogP) is 1.73. The number of hydrogen-bond donors (Lipinski definition) is 3. The molecule has 1 fully saturated rings. The highest BCUT2D eigenvalue weighted by molar-refractivity contribution is 6.05. The number of amides is 1. The molecule has 0 bridgehead atoms. The summed E-state index contributed by atoms with van der Waals surface area (Å²) in [6.07, 6.45) is 9.73. The van der Waals surface area contributed by atoms with E-state index < -0.39 is 0 Å². The van der Waals surface area contributed by atoms with Gasteiger partial charge in [0.25, 0.3) is 0 Å². The number of nitrogens with zero attached hydrogens (tertiary/aromatic N) is 4. The zero-order valence-corrected chi connectivity index (χ0v) is 19.5. The molecule has 5 rings (SSSR count). The summed E-state index contributed by atoms with van der Waals surface area (Å²) < 4.78 is 12.8. The first-order valence-corrected chi connectivity index (χ1v) is 11.3. The summed E-state index contributed by atoms with van der Waals surface area (Å²) in [6.45, 7) is 0.630. The third-order valence-electron chi connectivity index (χ3n) is 6.24. The lowest BCUT2D eigenvalue weighted by atomic mass is 10.1. The Morgan fingerprint density at radius 3 is 2.62 bits per heavy atom. The summed E-state index contributed by atoms with van der Waals surface area (Å²) in [4.78, 5) is 19.2. The van der Waals surface area contributed by atoms with Gasteiger partial charge >= 0.3 is 0 Å². The van der Waals surface area contributed by atoms with Gasteiger partial charge in [-0.15, -0.1) is 0 Å². The van der Waals surface area contributed by atoms with Gasteiger partial charge in [-0.3, -0.25) is 9.48 Å². The Bertz CT molecular complexity index is 1160. The van der Waals surface area contributed by atoms with Crippen LogP contribution >= 0.6 is 0 Å². The minimum atomic E-state index is -0.171. The molecule has 3 N–H and O–H groups in total. The molecular formula is C24H29N7O3. The molecule has 1 aromatic heterocycles. The maximum absolute atomic E-state index is 11.9. The highest BCUT2D eigenvalue weighted by Gasteiger charge is 2.30. The molecule has 2 atom stereocenters.